The lowest BCUT2D eigenvalue weighted by atomic mass is 10.0. The number of amides is 2. The van der Waals surface area contributed by atoms with Gasteiger partial charge in [-0.05, 0) is 37.6 Å². The van der Waals surface area contributed by atoms with Crippen molar-refractivity contribution in [3.05, 3.63) is 64.1 Å². The van der Waals surface area contributed by atoms with Gasteiger partial charge in [0.2, 0.25) is 0 Å². The molecule has 6 nitrogen and oxygen atoms in total. The summed E-state index contributed by atoms with van der Waals surface area (Å²) in [4.78, 5) is 26.9. The maximum atomic E-state index is 12.5. The van der Waals surface area contributed by atoms with Crippen LogP contribution in [0.1, 0.15) is 23.6 Å². The van der Waals surface area contributed by atoms with Gasteiger partial charge in [0, 0.05) is 19.8 Å². The van der Waals surface area contributed by atoms with Crippen molar-refractivity contribution < 1.29 is 4.79 Å². The minimum absolute atomic E-state index is 0.000250. The number of nitrogens with zero attached hydrogens (tertiary/aromatic N) is 2. The highest BCUT2D eigenvalue weighted by molar-refractivity contribution is 5.90. The van der Waals surface area contributed by atoms with Gasteiger partial charge in [-0.3, -0.25) is 9.69 Å². The van der Waals surface area contributed by atoms with Crippen LogP contribution in [0.2, 0.25) is 0 Å². The molecule has 1 aliphatic rings. The Morgan fingerprint density at radius 2 is 1.88 bits per heavy atom. The molecule has 1 fully saturated rings. The van der Waals surface area contributed by atoms with Gasteiger partial charge in [0.15, 0.2) is 0 Å². The number of nitrogens with one attached hydrogen (secondary N) is 2. The number of aryl methyl sites for hydroxylation is 2. The number of aromatic nitrogens is 1. The fourth-order valence-electron chi connectivity index (χ4n) is 3.42. The molecular weight excluding hydrogens is 316 g/mol. The molecule has 2 aromatic rings. The third kappa shape index (κ3) is 3.58. The predicted molar refractivity (Wildman–Crippen MR) is 98.8 cm³/mol. The minimum Gasteiger partial charge on any atom is -0.333 e. The van der Waals surface area contributed by atoms with E-state index in [1.165, 1.54) is 10.1 Å². The molecule has 0 aliphatic carbocycles. The lowest BCUT2D eigenvalue weighted by molar-refractivity contribution is 0.240. The van der Waals surface area contributed by atoms with E-state index in [0.717, 1.165) is 18.5 Å². The second-order valence-corrected chi connectivity index (χ2v) is 6.62. The first-order chi connectivity index (χ1) is 12.0. The molecule has 0 saturated carbocycles. The van der Waals surface area contributed by atoms with E-state index in [4.69, 9.17) is 0 Å². The number of carbonyl (C=O) groups is 1. The fraction of sp³-hybridized carbons (Fsp3) is 0.368. The Morgan fingerprint density at radius 3 is 2.60 bits per heavy atom. The van der Waals surface area contributed by atoms with Gasteiger partial charge in [-0.25, -0.2) is 4.79 Å². The Bertz CT molecular complexity index is 816. The number of likely N-dealkylation sites (N-methyl/N-ethyl adjacent to an activating group) is 1. The monoisotopic (exact) mass is 340 g/mol. The Labute approximate surface area is 147 Å². The summed E-state index contributed by atoms with van der Waals surface area (Å²) in [5.41, 5.74) is 2.05. The number of hydrogen-bond donors (Lipinski definition) is 2. The average molecular weight is 340 g/mol. The summed E-state index contributed by atoms with van der Waals surface area (Å²) < 4.78 is 1.46. The standard InChI is InChI=1S/C19H24N4O2/c1-13-9-11-23(3)18(24)16(13)21-19(25)20-15-10-12-22(2)17(15)14-7-5-4-6-8-14/h4-9,11,15,17H,10,12H2,1-3H3,(H2,20,21,25)/t15-,17+/m0/s1. The number of urea groups is 1. The van der Waals surface area contributed by atoms with E-state index < -0.39 is 0 Å². The molecule has 132 valence electrons. The number of rotatable bonds is 3. The summed E-state index contributed by atoms with van der Waals surface area (Å²) in [6, 6.07) is 11.8. The van der Waals surface area contributed by atoms with E-state index in [0.29, 0.717) is 5.69 Å². The number of likely N-dealkylation sites (tertiary alicyclic amines) is 1. The van der Waals surface area contributed by atoms with E-state index in [-0.39, 0.29) is 23.7 Å². The minimum atomic E-state index is -0.340. The largest absolute Gasteiger partial charge is 0.333 e. The van der Waals surface area contributed by atoms with Crippen molar-refractivity contribution in [2.45, 2.75) is 25.4 Å². The van der Waals surface area contributed by atoms with Crippen LogP contribution in [-0.2, 0) is 7.05 Å². The van der Waals surface area contributed by atoms with Crippen LogP contribution in [0.15, 0.2) is 47.4 Å². The highest BCUT2D eigenvalue weighted by atomic mass is 16.2. The highest BCUT2D eigenvalue weighted by Crippen LogP contribution is 2.30. The van der Waals surface area contributed by atoms with Crippen molar-refractivity contribution in [1.29, 1.82) is 0 Å². The SMILES string of the molecule is Cc1ccn(C)c(=O)c1NC(=O)N[C@H]1CCN(C)[C@@H]1c1ccccc1. The second-order valence-electron chi connectivity index (χ2n) is 6.62. The quantitative estimate of drug-likeness (QED) is 0.901. The first kappa shape index (κ1) is 17.2. The lowest BCUT2D eigenvalue weighted by Crippen LogP contribution is -2.42. The Balaban J connectivity index is 1.75. The first-order valence-corrected chi connectivity index (χ1v) is 8.46. The molecule has 2 atom stereocenters. The van der Waals surface area contributed by atoms with Crippen molar-refractivity contribution in [1.82, 2.24) is 14.8 Å². The number of pyridine rings is 1. The molecule has 25 heavy (non-hydrogen) atoms. The van der Waals surface area contributed by atoms with Crippen molar-refractivity contribution >= 4 is 11.7 Å². The fourth-order valence-corrected chi connectivity index (χ4v) is 3.42. The summed E-state index contributed by atoms with van der Waals surface area (Å²) in [6.07, 6.45) is 2.56. The summed E-state index contributed by atoms with van der Waals surface area (Å²) in [6.45, 7) is 2.73. The van der Waals surface area contributed by atoms with Crippen LogP contribution in [-0.4, -0.2) is 35.1 Å². The van der Waals surface area contributed by atoms with Crippen LogP contribution >= 0.6 is 0 Å². The van der Waals surface area contributed by atoms with Crippen LogP contribution in [0.25, 0.3) is 0 Å². The molecule has 1 aliphatic heterocycles. The molecule has 2 N–H and O–H groups in total. The predicted octanol–water partition coefficient (Wildman–Crippen LogP) is 2.26. The molecular formula is C19H24N4O2. The van der Waals surface area contributed by atoms with E-state index in [1.807, 2.05) is 31.2 Å². The van der Waals surface area contributed by atoms with Crippen molar-refractivity contribution in [2.24, 2.45) is 7.05 Å². The van der Waals surface area contributed by atoms with Gasteiger partial charge in [0.25, 0.3) is 5.56 Å². The molecule has 6 heteroatoms. The third-order valence-electron chi connectivity index (χ3n) is 4.82. The van der Waals surface area contributed by atoms with Crippen LogP contribution in [0.5, 0.6) is 0 Å². The van der Waals surface area contributed by atoms with Crippen LogP contribution in [0.4, 0.5) is 10.5 Å². The number of carbonyl (C=O) groups excluding carboxylic acids is 1. The molecule has 1 aromatic heterocycles. The topological polar surface area (TPSA) is 66.4 Å². The zero-order valence-electron chi connectivity index (χ0n) is 14.8. The summed E-state index contributed by atoms with van der Waals surface area (Å²) in [5.74, 6) is 0. The van der Waals surface area contributed by atoms with Crippen molar-refractivity contribution in [3.63, 3.8) is 0 Å². The summed E-state index contributed by atoms with van der Waals surface area (Å²) in [5, 5.41) is 5.77. The second kappa shape index (κ2) is 7.11. The smallest absolute Gasteiger partial charge is 0.319 e. The third-order valence-corrected chi connectivity index (χ3v) is 4.82. The molecule has 0 bridgehead atoms. The molecule has 2 amide bonds. The molecule has 0 spiro atoms. The van der Waals surface area contributed by atoms with Gasteiger partial charge in [-0.2, -0.15) is 0 Å². The normalized spacial score (nSPS) is 20.4. The van der Waals surface area contributed by atoms with E-state index in [9.17, 15) is 9.59 Å². The van der Waals surface area contributed by atoms with E-state index >= 15 is 0 Å². The van der Waals surface area contributed by atoms with Gasteiger partial charge in [0.1, 0.15) is 5.69 Å². The molecule has 2 heterocycles. The number of benzene rings is 1. The Hall–Kier alpha value is -2.60. The molecule has 1 aromatic carbocycles. The van der Waals surface area contributed by atoms with E-state index in [2.05, 4.69) is 34.7 Å². The highest BCUT2D eigenvalue weighted by Gasteiger charge is 2.34. The maximum Gasteiger partial charge on any atom is 0.319 e. The van der Waals surface area contributed by atoms with Gasteiger partial charge < -0.3 is 15.2 Å². The van der Waals surface area contributed by atoms with Gasteiger partial charge in [-0.15, -0.1) is 0 Å². The first-order valence-electron chi connectivity index (χ1n) is 8.46. The Kier molecular flexibility index (Phi) is 4.90. The Morgan fingerprint density at radius 1 is 1.16 bits per heavy atom. The zero-order chi connectivity index (χ0) is 18.0. The van der Waals surface area contributed by atoms with Crippen LogP contribution < -0.4 is 16.2 Å². The lowest BCUT2D eigenvalue weighted by Gasteiger charge is -2.26. The van der Waals surface area contributed by atoms with Crippen LogP contribution in [0, 0.1) is 6.92 Å². The summed E-state index contributed by atoms with van der Waals surface area (Å²) >= 11 is 0. The van der Waals surface area contributed by atoms with Gasteiger partial charge in [-0.1, -0.05) is 30.3 Å². The number of hydrogen-bond acceptors (Lipinski definition) is 3. The molecule has 0 unspecified atom stereocenters. The molecule has 0 radical (unpaired) electrons. The van der Waals surface area contributed by atoms with Crippen molar-refractivity contribution in [3.8, 4) is 0 Å². The molecule has 3 rings (SSSR count). The number of anilines is 1. The maximum absolute atomic E-state index is 12.5. The van der Waals surface area contributed by atoms with Gasteiger partial charge in [0.05, 0.1) is 12.1 Å². The summed E-state index contributed by atoms with van der Waals surface area (Å²) in [7, 11) is 3.73. The average Bonchev–Trinajstić information content (AvgIpc) is 2.96. The zero-order valence-corrected chi connectivity index (χ0v) is 14.8. The van der Waals surface area contributed by atoms with Gasteiger partial charge >= 0.3 is 6.03 Å². The molecule has 1 saturated heterocycles. The van der Waals surface area contributed by atoms with Crippen LogP contribution in [0.3, 0.4) is 0 Å². The van der Waals surface area contributed by atoms with E-state index in [1.54, 1.807) is 13.2 Å². The van der Waals surface area contributed by atoms with Crippen molar-refractivity contribution in [2.75, 3.05) is 18.9 Å².